The first kappa shape index (κ1) is 14.8. The summed E-state index contributed by atoms with van der Waals surface area (Å²) in [4.78, 5) is 9.43. The number of hydrogen-bond acceptors (Lipinski definition) is 4. The zero-order valence-corrected chi connectivity index (χ0v) is 12.2. The van der Waals surface area contributed by atoms with Gasteiger partial charge in [-0.25, -0.2) is 4.89 Å². The first-order valence-electron chi connectivity index (χ1n) is 6.48. The number of hydrogen-bond donors (Lipinski definition) is 0. The summed E-state index contributed by atoms with van der Waals surface area (Å²) in [5.74, 6) is 0.485. The van der Waals surface area contributed by atoms with Crippen LogP contribution in [0.25, 0.3) is 0 Å². The average Bonchev–Trinajstić information content (AvgIpc) is 2.53. The Morgan fingerprint density at radius 2 is 1.50 bits per heavy atom. The fraction of sp³-hybridized carbons (Fsp3) is 0.188. The lowest BCUT2D eigenvalue weighted by molar-refractivity contribution is -0.185. The Morgan fingerprint density at radius 1 is 0.950 bits per heavy atom. The van der Waals surface area contributed by atoms with Crippen LogP contribution in [-0.2, 0) is 9.22 Å². The molecule has 0 aliphatic carbocycles. The lowest BCUT2D eigenvalue weighted by Gasteiger charge is -2.07. The van der Waals surface area contributed by atoms with Gasteiger partial charge < -0.3 is 0 Å². The van der Waals surface area contributed by atoms with Crippen LogP contribution in [0.1, 0.15) is 18.1 Å². The normalized spacial score (nSPS) is 10.2. The lowest BCUT2D eigenvalue weighted by Crippen LogP contribution is -2.03. The Bertz CT molecular complexity index is 487. The maximum atomic E-state index is 4.91. The summed E-state index contributed by atoms with van der Waals surface area (Å²) in [7, 11) is 0. The van der Waals surface area contributed by atoms with E-state index in [1.807, 2.05) is 43.3 Å². The molecule has 2 aromatic rings. The van der Waals surface area contributed by atoms with E-state index in [4.69, 9.17) is 9.22 Å². The van der Waals surface area contributed by atoms with Crippen LogP contribution >= 0.6 is 12.0 Å². The Morgan fingerprint density at radius 3 is 2.00 bits per heavy atom. The summed E-state index contributed by atoms with van der Waals surface area (Å²) in [5.41, 5.74) is 3.14. The van der Waals surface area contributed by atoms with Crippen molar-refractivity contribution in [2.24, 2.45) is 4.99 Å². The molecule has 0 saturated carbocycles. The van der Waals surface area contributed by atoms with E-state index in [0.29, 0.717) is 12.5 Å². The maximum Gasteiger partial charge on any atom is 0.114 e. The van der Waals surface area contributed by atoms with Gasteiger partial charge in [-0.1, -0.05) is 60.7 Å². The van der Waals surface area contributed by atoms with Gasteiger partial charge in [-0.2, -0.15) is 4.33 Å². The molecule has 3 nitrogen and oxygen atoms in total. The summed E-state index contributed by atoms with van der Waals surface area (Å²) in [5, 5.41) is 0. The molecule has 0 spiro atoms. The molecule has 0 N–H and O–H groups in total. The second-order valence-electron chi connectivity index (χ2n) is 3.96. The zero-order valence-electron chi connectivity index (χ0n) is 11.4. The Balaban J connectivity index is 2.15. The summed E-state index contributed by atoms with van der Waals surface area (Å²) in [6, 6.07) is 20.3. The van der Waals surface area contributed by atoms with Crippen molar-refractivity contribution in [3.63, 3.8) is 0 Å². The third kappa shape index (κ3) is 4.49. The van der Waals surface area contributed by atoms with Gasteiger partial charge in [0, 0.05) is 11.1 Å². The molecule has 2 rings (SSSR count). The van der Waals surface area contributed by atoms with Crippen molar-refractivity contribution in [2.75, 3.05) is 12.5 Å². The van der Waals surface area contributed by atoms with Crippen molar-refractivity contribution in [1.29, 1.82) is 0 Å². The number of benzene rings is 2. The van der Waals surface area contributed by atoms with Crippen LogP contribution in [0.2, 0.25) is 0 Å². The molecule has 0 aliphatic heterocycles. The van der Waals surface area contributed by atoms with E-state index in [-0.39, 0.29) is 0 Å². The predicted octanol–water partition coefficient (Wildman–Crippen LogP) is 4.10. The molecule has 4 heteroatoms. The highest BCUT2D eigenvalue weighted by Gasteiger charge is 2.05. The van der Waals surface area contributed by atoms with E-state index in [0.717, 1.165) is 16.8 Å². The van der Waals surface area contributed by atoms with Gasteiger partial charge >= 0.3 is 0 Å². The van der Waals surface area contributed by atoms with Crippen molar-refractivity contribution in [3.8, 4) is 0 Å². The van der Waals surface area contributed by atoms with Crippen LogP contribution in [0.15, 0.2) is 65.7 Å². The smallest absolute Gasteiger partial charge is 0.114 e. The third-order valence-corrected chi connectivity index (χ3v) is 3.01. The van der Waals surface area contributed by atoms with E-state index < -0.39 is 0 Å². The van der Waals surface area contributed by atoms with E-state index in [2.05, 4.69) is 29.3 Å². The molecule has 0 atom stereocenters. The molecule has 0 fully saturated rings. The highest BCUT2D eigenvalue weighted by Crippen LogP contribution is 2.13. The molecule has 0 amide bonds. The standard InChI is InChI=1S/C16H17NO2S/c1-2-18-19-20-13-17-16(14-9-5-3-6-10-14)15-11-7-4-8-12-15/h3-12H,2,13H2,1H3. The number of aliphatic imine (C=N–C) groups is 1. The van der Waals surface area contributed by atoms with Crippen LogP contribution in [0.4, 0.5) is 0 Å². The van der Waals surface area contributed by atoms with Crippen molar-refractivity contribution in [1.82, 2.24) is 0 Å². The van der Waals surface area contributed by atoms with Crippen LogP contribution in [0, 0.1) is 0 Å². The number of nitrogens with zero attached hydrogens (tertiary/aromatic N) is 1. The quantitative estimate of drug-likeness (QED) is 0.252. The van der Waals surface area contributed by atoms with Crippen molar-refractivity contribution in [2.45, 2.75) is 6.92 Å². The van der Waals surface area contributed by atoms with Crippen LogP contribution in [0.3, 0.4) is 0 Å². The minimum atomic E-state index is 0.485. The van der Waals surface area contributed by atoms with Crippen LogP contribution in [0.5, 0.6) is 0 Å². The molecule has 0 bridgehead atoms. The van der Waals surface area contributed by atoms with E-state index in [1.165, 1.54) is 12.0 Å². The van der Waals surface area contributed by atoms with Crippen molar-refractivity contribution in [3.05, 3.63) is 71.8 Å². The second kappa shape index (κ2) is 8.53. The van der Waals surface area contributed by atoms with Gasteiger partial charge in [0.05, 0.1) is 24.4 Å². The van der Waals surface area contributed by atoms with Crippen LogP contribution < -0.4 is 0 Å². The predicted molar refractivity (Wildman–Crippen MR) is 83.7 cm³/mol. The van der Waals surface area contributed by atoms with E-state index in [9.17, 15) is 0 Å². The van der Waals surface area contributed by atoms with Gasteiger partial charge in [-0.15, -0.1) is 0 Å². The molecule has 0 aliphatic rings. The third-order valence-electron chi connectivity index (χ3n) is 2.58. The van der Waals surface area contributed by atoms with Gasteiger partial charge in [-0.05, 0) is 6.92 Å². The minimum absolute atomic E-state index is 0.485. The van der Waals surface area contributed by atoms with E-state index in [1.54, 1.807) is 0 Å². The summed E-state index contributed by atoms with van der Waals surface area (Å²) in [6.45, 7) is 2.41. The molecule has 0 radical (unpaired) electrons. The molecule has 104 valence electrons. The monoisotopic (exact) mass is 287 g/mol. The van der Waals surface area contributed by atoms with Crippen molar-refractivity contribution >= 4 is 17.8 Å². The lowest BCUT2D eigenvalue weighted by atomic mass is 10.0. The first-order chi connectivity index (χ1) is 9.92. The molecular formula is C16H17NO2S. The summed E-state index contributed by atoms with van der Waals surface area (Å²) < 4.78 is 4.91. The molecule has 2 aromatic carbocycles. The largest absolute Gasteiger partial charge is 0.271 e. The second-order valence-corrected chi connectivity index (χ2v) is 4.59. The Hall–Kier alpha value is -1.62. The van der Waals surface area contributed by atoms with Crippen molar-refractivity contribution < 1.29 is 9.22 Å². The summed E-state index contributed by atoms with van der Waals surface area (Å²) in [6.07, 6.45) is 0. The Labute approximate surface area is 123 Å². The minimum Gasteiger partial charge on any atom is -0.271 e. The number of rotatable bonds is 7. The van der Waals surface area contributed by atoms with Gasteiger partial charge in [0.2, 0.25) is 0 Å². The highest BCUT2D eigenvalue weighted by atomic mass is 32.2. The van der Waals surface area contributed by atoms with E-state index >= 15 is 0 Å². The van der Waals surface area contributed by atoms with Crippen LogP contribution in [-0.4, -0.2) is 18.2 Å². The molecular weight excluding hydrogens is 270 g/mol. The Kier molecular flexibility index (Phi) is 6.31. The molecule has 20 heavy (non-hydrogen) atoms. The maximum absolute atomic E-state index is 4.91. The fourth-order valence-corrected chi connectivity index (χ4v) is 2.12. The molecule has 0 saturated heterocycles. The SMILES string of the molecule is CCOOSCN=C(c1ccccc1)c1ccccc1. The molecule has 0 aromatic heterocycles. The summed E-state index contributed by atoms with van der Waals surface area (Å²) >= 11 is 1.19. The average molecular weight is 287 g/mol. The zero-order chi connectivity index (χ0) is 14.0. The van der Waals surface area contributed by atoms with Gasteiger partial charge in [0.15, 0.2) is 0 Å². The highest BCUT2D eigenvalue weighted by molar-refractivity contribution is 7.94. The molecule has 0 heterocycles. The topological polar surface area (TPSA) is 30.8 Å². The first-order valence-corrected chi connectivity index (χ1v) is 7.39. The molecule has 0 unspecified atom stereocenters. The van der Waals surface area contributed by atoms with Gasteiger partial charge in [0.1, 0.15) is 5.88 Å². The van der Waals surface area contributed by atoms with Gasteiger partial charge in [-0.3, -0.25) is 4.99 Å². The fourth-order valence-electron chi connectivity index (χ4n) is 1.74. The van der Waals surface area contributed by atoms with Gasteiger partial charge in [0.25, 0.3) is 0 Å².